The fourth-order valence-corrected chi connectivity index (χ4v) is 3.43. The zero-order valence-electron chi connectivity index (χ0n) is 12.0. The van der Waals surface area contributed by atoms with Crippen LogP contribution < -0.4 is 5.73 Å². The predicted octanol–water partition coefficient (Wildman–Crippen LogP) is 3.07. The number of nitrogens with zero attached hydrogens (tertiary/aromatic N) is 1. The average molecular weight is 299 g/mol. The highest BCUT2D eigenvalue weighted by Crippen LogP contribution is 2.19. The van der Waals surface area contributed by atoms with E-state index in [4.69, 9.17) is 5.73 Å². The van der Waals surface area contributed by atoms with Gasteiger partial charge in [0.1, 0.15) is 0 Å². The molecular formula is C16H17N3OS. The summed E-state index contributed by atoms with van der Waals surface area (Å²) in [5.41, 5.74) is 11.4. The van der Waals surface area contributed by atoms with Gasteiger partial charge in [0.25, 0.3) is 0 Å². The van der Waals surface area contributed by atoms with Crippen molar-refractivity contribution >= 4 is 27.5 Å². The molecule has 0 radical (unpaired) electrons. The Labute approximate surface area is 125 Å². The molecule has 4 nitrogen and oxygen atoms in total. The lowest BCUT2D eigenvalue weighted by Crippen LogP contribution is -2.00. The van der Waals surface area contributed by atoms with Crippen molar-refractivity contribution in [3.05, 3.63) is 53.1 Å². The van der Waals surface area contributed by atoms with Gasteiger partial charge >= 0.3 is 0 Å². The molecule has 1 atom stereocenters. The maximum absolute atomic E-state index is 12.5. The smallest absolute Gasteiger partial charge is 0.197 e. The van der Waals surface area contributed by atoms with Crippen molar-refractivity contribution < 1.29 is 4.21 Å². The van der Waals surface area contributed by atoms with Crippen LogP contribution in [0.2, 0.25) is 0 Å². The SMILES string of the molecule is Cc1ccc(C)c(CS(=O)c2nc3ccc(N)cc3[nH]2)c1. The second-order valence-corrected chi connectivity index (χ2v) is 6.60. The maximum Gasteiger partial charge on any atom is 0.197 e. The van der Waals surface area contributed by atoms with Gasteiger partial charge in [0.2, 0.25) is 0 Å². The maximum atomic E-state index is 12.5. The predicted molar refractivity (Wildman–Crippen MR) is 86.5 cm³/mol. The van der Waals surface area contributed by atoms with Gasteiger partial charge in [0, 0.05) is 5.69 Å². The number of imidazole rings is 1. The van der Waals surface area contributed by atoms with E-state index in [-0.39, 0.29) is 0 Å². The van der Waals surface area contributed by atoms with Crippen LogP contribution in [0, 0.1) is 13.8 Å². The van der Waals surface area contributed by atoms with Crippen LogP contribution in [-0.2, 0) is 16.6 Å². The average Bonchev–Trinajstić information content (AvgIpc) is 2.86. The molecule has 1 unspecified atom stereocenters. The number of nitrogens with one attached hydrogen (secondary N) is 1. The Bertz CT molecular complexity index is 839. The van der Waals surface area contributed by atoms with Gasteiger partial charge in [-0.05, 0) is 43.2 Å². The second kappa shape index (κ2) is 5.33. The molecule has 3 rings (SSSR count). The fourth-order valence-electron chi connectivity index (χ4n) is 2.28. The lowest BCUT2D eigenvalue weighted by Gasteiger charge is -2.05. The summed E-state index contributed by atoms with van der Waals surface area (Å²) in [4.78, 5) is 7.49. The molecule has 0 amide bonds. The van der Waals surface area contributed by atoms with E-state index in [0.29, 0.717) is 16.6 Å². The molecule has 108 valence electrons. The van der Waals surface area contributed by atoms with Gasteiger partial charge in [-0.3, -0.25) is 4.21 Å². The summed E-state index contributed by atoms with van der Waals surface area (Å²) in [6, 6.07) is 11.6. The van der Waals surface area contributed by atoms with Gasteiger partial charge in [-0.25, -0.2) is 4.98 Å². The summed E-state index contributed by atoms with van der Waals surface area (Å²) in [6.45, 7) is 4.07. The Balaban J connectivity index is 1.91. The molecule has 3 aromatic rings. The summed E-state index contributed by atoms with van der Waals surface area (Å²) in [7, 11) is -1.20. The molecule has 21 heavy (non-hydrogen) atoms. The number of aromatic nitrogens is 2. The van der Waals surface area contributed by atoms with Crippen molar-refractivity contribution in [2.75, 3.05) is 5.73 Å². The molecule has 5 heteroatoms. The number of hydrogen-bond donors (Lipinski definition) is 2. The lowest BCUT2D eigenvalue weighted by atomic mass is 10.1. The number of H-pyrrole nitrogens is 1. The van der Waals surface area contributed by atoms with Crippen LogP contribution >= 0.6 is 0 Å². The standard InChI is InChI=1S/C16H17N3OS/c1-10-3-4-11(2)12(7-10)9-21(20)16-18-14-6-5-13(17)8-15(14)19-16/h3-8H,9,17H2,1-2H3,(H,18,19). The van der Waals surface area contributed by atoms with Crippen LogP contribution in [0.25, 0.3) is 11.0 Å². The Morgan fingerprint density at radius 1 is 1.19 bits per heavy atom. The van der Waals surface area contributed by atoms with Crippen molar-refractivity contribution in [1.82, 2.24) is 9.97 Å². The number of fused-ring (bicyclic) bond motifs is 1. The van der Waals surface area contributed by atoms with Gasteiger partial charge in [0.05, 0.1) is 27.6 Å². The number of anilines is 1. The van der Waals surface area contributed by atoms with Gasteiger partial charge in [-0.15, -0.1) is 0 Å². The normalized spacial score (nSPS) is 12.7. The molecule has 0 saturated carbocycles. The van der Waals surface area contributed by atoms with E-state index in [2.05, 4.69) is 28.2 Å². The van der Waals surface area contributed by atoms with Crippen molar-refractivity contribution in [2.45, 2.75) is 24.8 Å². The molecule has 0 aliphatic carbocycles. The molecule has 0 saturated heterocycles. The van der Waals surface area contributed by atoms with Crippen LogP contribution in [0.1, 0.15) is 16.7 Å². The number of nitrogens with two attached hydrogens (primary N) is 1. The van der Waals surface area contributed by atoms with Crippen molar-refractivity contribution in [3.8, 4) is 0 Å². The van der Waals surface area contributed by atoms with Gasteiger partial charge in [0.15, 0.2) is 5.16 Å². The third-order valence-corrected chi connectivity index (χ3v) is 4.69. The van der Waals surface area contributed by atoms with Gasteiger partial charge in [-0.1, -0.05) is 23.8 Å². The minimum atomic E-state index is -1.20. The minimum absolute atomic E-state index is 0.461. The number of aromatic amines is 1. The Morgan fingerprint density at radius 3 is 2.81 bits per heavy atom. The van der Waals surface area contributed by atoms with Crippen LogP contribution in [-0.4, -0.2) is 14.2 Å². The topological polar surface area (TPSA) is 71.8 Å². The summed E-state index contributed by atoms with van der Waals surface area (Å²) in [6.07, 6.45) is 0. The van der Waals surface area contributed by atoms with Crippen LogP contribution in [0.5, 0.6) is 0 Å². The zero-order valence-corrected chi connectivity index (χ0v) is 12.8. The first-order valence-electron chi connectivity index (χ1n) is 6.72. The highest BCUT2D eigenvalue weighted by Gasteiger charge is 2.12. The van der Waals surface area contributed by atoms with Gasteiger partial charge in [-0.2, -0.15) is 0 Å². The van der Waals surface area contributed by atoms with E-state index in [9.17, 15) is 4.21 Å². The Kier molecular flexibility index (Phi) is 3.51. The second-order valence-electron chi connectivity index (χ2n) is 5.24. The monoisotopic (exact) mass is 299 g/mol. The molecule has 0 spiro atoms. The lowest BCUT2D eigenvalue weighted by molar-refractivity contribution is 0.677. The van der Waals surface area contributed by atoms with E-state index in [1.165, 1.54) is 5.56 Å². The van der Waals surface area contributed by atoms with E-state index < -0.39 is 10.8 Å². The first-order valence-corrected chi connectivity index (χ1v) is 8.04. The summed E-state index contributed by atoms with van der Waals surface area (Å²) < 4.78 is 12.5. The number of benzene rings is 2. The van der Waals surface area contributed by atoms with Crippen LogP contribution in [0.3, 0.4) is 0 Å². The highest BCUT2D eigenvalue weighted by atomic mass is 32.2. The minimum Gasteiger partial charge on any atom is -0.399 e. The molecule has 1 aromatic heterocycles. The number of nitrogen functional groups attached to an aromatic ring is 1. The largest absolute Gasteiger partial charge is 0.399 e. The van der Waals surface area contributed by atoms with Crippen molar-refractivity contribution in [3.63, 3.8) is 0 Å². The Morgan fingerprint density at radius 2 is 2.00 bits per heavy atom. The third-order valence-electron chi connectivity index (χ3n) is 3.49. The molecule has 0 aliphatic rings. The quantitative estimate of drug-likeness (QED) is 0.730. The van der Waals surface area contributed by atoms with Crippen LogP contribution in [0.15, 0.2) is 41.6 Å². The molecule has 0 fully saturated rings. The van der Waals surface area contributed by atoms with E-state index in [1.54, 1.807) is 12.1 Å². The molecular weight excluding hydrogens is 282 g/mol. The highest BCUT2D eigenvalue weighted by molar-refractivity contribution is 7.84. The van der Waals surface area contributed by atoms with Gasteiger partial charge < -0.3 is 10.7 Å². The molecule has 0 aliphatic heterocycles. The van der Waals surface area contributed by atoms with Crippen molar-refractivity contribution in [2.24, 2.45) is 0 Å². The number of aryl methyl sites for hydroxylation is 2. The third kappa shape index (κ3) is 2.83. The molecule has 3 N–H and O–H groups in total. The van der Waals surface area contributed by atoms with E-state index in [0.717, 1.165) is 22.2 Å². The summed E-state index contributed by atoms with van der Waals surface area (Å²) in [5, 5.41) is 0.497. The van der Waals surface area contributed by atoms with E-state index >= 15 is 0 Å². The van der Waals surface area contributed by atoms with E-state index in [1.807, 2.05) is 19.9 Å². The fraction of sp³-hybridized carbons (Fsp3) is 0.188. The number of rotatable bonds is 3. The Hall–Kier alpha value is -2.14. The van der Waals surface area contributed by atoms with Crippen LogP contribution in [0.4, 0.5) is 5.69 Å². The molecule has 0 bridgehead atoms. The summed E-state index contributed by atoms with van der Waals surface area (Å²) in [5.74, 6) is 0.461. The first kappa shape index (κ1) is 13.8. The van der Waals surface area contributed by atoms with Crippen molar-refractivity contribution in [1.29, 1.82) is 0 Å². The zero-order chi connectivity index (χ0) is 15.0. The first-order chi connectivity index (χ1) is 10.0. The molecule has 2 aromatic carbocycles. The number of hydrogen-bond acceptors (Lipinski definition) is 3. The summed E-state index contributed by atoms with van der Waals surface area (Å²) >= 11 is 0. The molecule has 1 heterocycles.